The highest BCUT2D eigenvalue weighted by atomic mass is 16.5. The Morgan fingerprint density at radius 3 is 2.04 bits per heavy atom. The quantitative estimate of drug-likeness (QED) is 0.385. The fourth-order valence-corrected chi connectivity index (χ4v) is 3.52. The molecule has 0 saturated carbocycles. The number of esters is 1. The van der Waals surface area contributed by atoms with Gasteiger partial charge in [0.1, 0.15) is 0 Å². The van der Waals surface area contributed by atoms with E-state index in [-0.39, 0.29) is 11.4 Å². The Hall–Kier alpha value is -0.570. The van der Waals surface area contributed by atoms with Gasteiger partial charge in [0.2, 0.25) is 0 Å². The summed E-state index contributed by atoms with van der Waals surface area (Å²) in [6.07, 6.45) is 4.95. The summed E-state index contributed by atoms with van der Waals surface area (Å²) in [5.74, 6) is 0.635. The zero-order valence-electron chi connectivity index (χ0n) is 19.5. The molecule has 3 heteroatoms. The number of hydrogen-bond acceptors (Lipinski definition) is 3. The number of carbonyl (C=O) groups excluding carboxylic acids is 1. The maximum absolute atomic E-state index is 12.0. The molecule has 0 fully saturated rings. The summed E-state index contributed by atoms with van der Waals surface area (Å²) in [7, 11) is 2.10. The summed E-state index contributed by atoms with van der Waals surface area (Å²) in [4.78, 5) is 14.2. The minimum Gasteiger partial charge on any atom is -0.466 e. The van der Waals surface area contributed by atoms with Crippen LogP contribution in [0.25, 0.3) is 0 Å². The van der Waals surface area contributed by atoms with Gasteiger partial charge in [-0.05, 0) is 61.4 Å². The van der Waals surface area contributed by atoms with Crippen LogP contribution in [0.1, 0.15) is 94.4 Å². The molecule has 0 amide bonds. The van der Waals surface area contributed by atoms with Gasteiger partial charge in [-0.2, -0.15) is 0 Å². The second-order valence-electron chi connectivity index (χ2n) is 11.2. The summed E-state index contributed by atoms with van der Waals surface area (Å²) < 4.78 is 5.47. The first kappa shape index (κ1) is 25.4. The van der Waals surface area contributed by atoms with E-state index in [1.165, 1.54) is 12.8 Å². The lowest BCUT2D eigenvalue weighted by Gasteiger charge is -2.32. The molecular formula is C23H47NO2. The van der Waals surface area contributed by atoms with Crippen molar-refractivity contribution in [3.63, 3.8) is 0 Å². The lowest BCUT2D eigenvalue weighted by Crippen LogP contribution is -2.27. The first-order valence-corrected chi connectivity index (χ1v) is 10.5. The Balaban J connectivity index is 3.95. The monoisotopic (exact) mass is 369 g/mol. The van der Waals surface area contributed by atoms with E-state index in [2.05, 4.69) is 74.3 Å². The molecule has 0 bridgehead atoms. The first-order chi connectivity index (χ1) is 11.6. The Labute approximate surface area is 164 Å². The molecule has 156 valence electrons. The van der Waals surface area contributed by atoms with Gasteiger partial charge in [0, 0.05) is 6.54 Å². The third kappa shape index (κ3) is 12.7. The molecule has 0 heterocycles. The standard InChI is InChI=1S/C23H47NO2/c1-19(2)23(8,9)13-11-15-24(10)16-12-20(25)26-17-14-22(6,7)18-21(3,4)5/h19H,11-18H2,1-10H3. The van der Waals surface area contributed by atoms with Gasteiger partial charge in [-0.25, -0.2) is 0 Å². The molecule has 0 aliphatic carbocycles. The smallest absolute Gasteiger partial charge is 0.307 e. The molecule has 0 aromatic heterocycles. The largest absolute Gasteiger partial charge is 0.466 e. The van der Waals surface area contributed by atoms with Crippen LogP contribution in [0.2, 0.25) is 0 Å². The molecule has 0 aliphatic rings. The van der Waals surface area contributed by atoms with Crippen molar-refractivity contribution in [2.75, 3.05) is 26.7 Å². The predicted molar refractivity (Wildman–Crippen MR) is 113 cm³/mol. The molecule has 0 aromatic carbocycles. The van der Waals surface area contributed by atoms with Crippen LogP contribution in [0.4, 0.5) is 0 Å². The van der Waals surface area contributed by atoms with Crippen molar-refractivity contribution >= 4 is 5.97 Å². The van der Waals surface area contributed by atoms with Crippen molar-refractivity contribution in [2.45, 2.75) is 94.4 Å². The fourth-order valence-electron chi connectivity index (χ4n) is 3.52. The molecule has 26 heavy (non-hydrogen) atoms. The third-order valence-corrected chi connectivity index (χ3v) is 5.67. The van der Waals surface area contributed by atoms with Gasteiger partial charge >= 0.3 is 5.97 Å². The maximum atomic E-state index is 12.0. The van der Waals surface area contributed by atoms with E-state index in [1.54, 1.807) is 0 Å². The van der Waals surface area contributed by atoms with Crippen LogP contribution in [0.3, 0.4) is 0 Å². The highest BCUT2D eigenvalue weighted by molar-refractivity contribution is 5.69. The van der Waals surface area contributed by atoms with E-state index < -0.39 is 0 Å². The minimum absolute atomic E-state index is 0.0640. The number of ether oxygens (including phenoxy) is 1. The van der Waals surface area contributed by atoms with Crippen molar-refractivity contribution < 1.29 is 9.53 Å². The van der Waals surface area contributed by atoms with Crippen molar-refractivity contribution in [1.29, 1.82) is 0 Å². The van der Waals surface area contributed by atoms with Gasteiger partial charge < -0.3 is 9.64 Å². The number of nitrogens with zero attached hydrogens (tertiary/aromatic N) is 1. The highest BCUT2D eigenvalue weighted by Gasteiger charge is 2.25. The maximum Gasteiger partial charge on any atom is 0.307 e. The minimum atomic E-state index is -0.0640. The van der Waals surface area contributed by atoms with E-state index in [0.29, 0.717) is 29.8 Å². The first-order valence-electron chi connectivity index (χ1n) is 10.5. The zero-order valence-corrected chi connectivity index (χ0v) is 19.5. The van der Waals surface area contributed by atoms with E-state index >= 15 is 0 Å². The average Bonchev–Trinajstić information content (AvgIpc) is 2.41. The van der Waals surface area contributed by atoms with Crippen LogP contribution < -0.4 is 0 Å². The Morgan fingerprint density at radius 2 is 1.54 bits per heavy atom. The Kier molecular flexibility index (Phi) is 10.4. The summed E-state index contributed by atoms with van der Waals surface area (Å²) in [6, 6.07) is 0. The molecule has 0 spiro atoms. The van der Waals surface area contributed by atoms with Crippen molar-refractivity contribution in [3.05, 3.63) is 0 Å². The number of rotatable bonds is 12. The molecule has 0 radical (unpaired) electrons. The lowest BCUT2D eigenvalue weighted by atomic mass is 9.75. The number of carbonyl (C=O) groups is 1. The Morgan fingerprint density at radius 1 is 0.962 bits per heavy atom. The van der Waals surface area contributed by atoms with Gasteiger partial charge in [-0.1, -0.05) is 62.3 Å². The molecular weight excluding hydrogens is 322 g/mol. The van der Waals surface area contributed by atoms with Gasteiger partial charge in [-0.15, -0.1) is 0 Å². The summed E-state index contributed by atoms with van der Waals surface area (Å²) >= 11 is 0. The summed E-state index contributed by atoms with van der Waals surface area (Å²) in [5, 5.41) is 0. The molecule has 0 unspecified atom stereocenters. The second kappa shape index (κ2) is 10.7. The predicted octanol–water partition coefficient (Wildman–Crippen LogP) is 6.17. The van der Waals surface area contributed by atoms with E-state index in [0.717, 1.165) is 25.9 Å². The molecule has 0 N–H and O–H groups in total. The third-order valence-electron chi connectivity index (χ3n) is 5.67. The van der Waals surface area contributed by atoms with Gasteiger partial charge in [-0.3, -0.25) is 4.79 Å². The van der Waals surface area contributed by atoms with Crippen LogP contribution in [0.5, 0.6) is 0 Å². The topological polar surface area (TPSA) is 29.5 Å². The van der Waals surface area contributed by atoms with Crippen LogP contribution in [-0.2, 0) is 9.53 Å². The van der Waals surface area contributed by atoms with Crippen LogP contribution >= 0.6 is 0 Å². The fraction of sp³-hybridized carbons (Fsp3) is 0.957. The van der Waals surface area contributed by atoms with Gasteiger partial charge in [0.25, 0.3) is 0 Å². The van der Waals surface area contributed by atoms with Crippen molar-refractivity contribution in [1.82, 2.24) is 4.90 Å². The SMILES string of the molecule is CC(C)C(C)(C)CCCN(C)CCC(=O)OCCC(C)(C)CC(C)(C)C. The molecule has 0 saturated heterocycles. The normalized spacial score (nSPS) is 13.5. The second-order valence-corrected chi connectivity index (χ2v) is 11.2. The molecule has 0 rings (SSSR count). The van der Waals surface area contributed by atoms with Crippen LogP contribution in [0.15, 0.2) is 0 Å². The van der Waals surface area contributed by atoms with Crippen molar-refractivity contribution in [2.24, 2.45) is 22.2 Å². The molecule has 0 aliphatic heterocycles. The van der Waals surface area contributed by atoms with Crippen LogP contribution in [0, 0.1) is 22.2 Å². The summed E-state index contributed by atoms with van der Waals surface area (Å²) in [6.45, 7) is 23.0. The lowest BCUT2D eigenvalue weighted by molar-refractivity contribution is -0.144. The Bertz CT molecular complexity index is 405. The highest BCUT2D eigenvalue weighted by Crippen LogP contribution is 2.35. The average molecular weight is 370 g/mol. The summed E-state index contributed by atoms with van der Waals surface area (Å²) in [5.41, 5.74) is 0.901. The zero-order chi connectivity index (χ0) is 20.6. The van der Waals surface area contributed by atoms with E-state index in [1.807, 2.05) is 0 Å². The van der Waals surface area contributed by atoms with E-state index in [4.69, 9.17) is 4.74 Å². The van der Waals surface area contributed by atoms with E-state index in [9.17, 15) is 4.79 Å². The number of hydrogen-bond donors (Lipinski definition) is 0. The molecule has 0 aromatic rings. The van der Waals surface area contributed by atoms with Crippen molar-refractivity contribution in [3.8, 4) is 0 Å². The van der Waals surface area contributed by atoms with Crippen LogP contribution in [-0.4, -0.2) is 37.6 Å². The van der Waals surface area contributed by atoms with Gasteiger partial charge in [0.05, 0.1) is 13.0 Å². The van der Waals surface area contributed by atoms with Gasteiger partial charge in [0.15, 0.2) is 0 Å². The molecule has 3 nitrogen and oxygen atoms in total. The molecule has 0 atom stereocenters.